The van der Waals surface area contributed by atoms with E-state index in [9.17, 15) is 13.6 Å². The Bertz CT molecular complexity index is 1590. The summed E-state index contributed by atoms with van der Waals surface area (Å²) in [4.78, 5) is 25.6. The summed E-state index contributed by atoms with van der Waals surface area (Å²) in [7, 11) is 3.26. The summed E-state index contributed by atoms with van der Waals surface area (Å²) in [6.07, 6.45) is 3.21. The molecule has 0 aliphatic carbocycles. The maximum atomic E-state index is 14.3. The Labute approximate surface area is 181 Å². The number of hydrogen-bond donors (Lipinski definition) is 1. The van der Waals surface area contributed by atoms with Gasteiger partial charge in [0.25, 0.3) is 0 Å². The molecule has 0 radical (unpaired) electrons. The molecule has 32 heavy (non-hydrogen) atoms. The first kappa shape index (κ1) is 19.8. The highest BCUT2D eigenvalue weighted by molar-refractivity contribution is 6.04. The van der Waals surface area contributed by atoms with E-state index in [1.807, 2.05) is 18.2 Å². The van der Waals surface area contributed by atoms with E-state index in [0.717, 1.165) is 5.56 Å². The van der Waals surface area contributed by atoms with E-state index in [2.05, 4.69) is 20.3 Å². The Morgan fingerprint density at radius 3 is 2.53 bits per heavy atom. The first-order chi connectivity index (χ1) is 15.4. The van der Waals surface area contributed by atoms with Crippen LogP contribution in [0.1, 0.15) is 5.69 Å². The van der Waals surface area contributed by atoms with Gasteiger partial charge in [0.2, 0.25) is 5.95 Å². The molecule has 0 bridgehead atoms. The van der Waals surface area contributed by atoms with Crippen molar-refractivity contribution in [1.82, 2.24) is 24.1 Å². The van der Waals surface area contributed by atoms with Crippen molar-refractivity contribution in [2.75, 3.05) is 12.4 Å². The second-order valence-electron chi connectivity index (χ2n) is 7.44. The molecule has 0 aliphatic heterocycles. The SMILES string of the molecule is CNc1ncc(-c2ccc3ncc4c(c3c2)n(-c2ccc(F)nc2C)c(=O)n4C)cc1F. The molecule has 0 aliphatic rings. The van der Waals surface area contributed by atoms with Crippen LogP contribution in [-0.4, -0.2) is 31.1 Å². The molecule has 0 saturated heterocycles. The van der Waals surface area contributed by atoms with Crippen LogP contribution < -0.4 is 11.0 Å². The Kier molecular flexibility index (Phi) is 4.47. The Hall–Kier alpha value is -4.14. The molecular formula is C23H18F2N6O. The van der Waals surface area contributed by atoms with Crippen LogP contribution in [0.25, 0.3) is 38.8 Å². The molecule has 0 unspecified atom stereocenters. The molecule has 1 N–H and O–H groups in total. The molecule has 4 heterocycles. The summed E-state index contributed by atoms with van der Waals surface area (Å²) < 4.78 is 30.9. The van der Waals surface area contributed by atoms with Gasteiger partial charge >= 0.3 is 5.69 Å². The van der Waals surface area contributed by atoms with Gasteiger partial charge in [-0.25, -0.2) is 19.2 Å². The first-order valence-corrected chi connectivity index (χ1v) is 9.86. The second kappa shape index (κ2) is 7.23. The van der Waals surface area contributed by atoms with Crippen molar-refractivity contribution >= 4 is 27.8 Å². The number of imidazole rings is 1. The van der Waals surface area contributed by atoms with Gasteiger partial charge in [-0.1, -0.05) is 6.07 Å². The number of pyridine rings is 3. The third-order valence-electron chi connectivity index (χ3n) is 5.56. The van der Waals surface area contributed by atoms with Gasteiger partial charge in [-0.05, 0) is 42.8 Å². The maximum absolute atomic E-state index is 14.3. The van der Waals surface area contributed by atoms with Crippen LogP contribution in [0.3, 0.4) is 0 Å². The average Bonchev–Trinajstić information content (AvgIpc) is 3.04. The van der Waals surface area contributed by atoms with Crippen LogP contribution in [-0.2, 0) is 7.05 Å². The largest absolute Gasteiger partial charge is 0.371 e. The van der Waals surface area contributed by atoms with Crippen molar-refractivity contribution in [2.24, 2.45) is 7.05 Å². The van der Waals surface area contributed by atoms with E-state index in [1.165, 1.54) is 27.3 Å². The lowest BCUT2D eigenvalue weighted by Crippen LogP contribution is -2.21. The van der Waals surface area contributed by atoms with Gasteiger partial charge < -0.3 is 5.32 Å². The minimum absolute atomic E-state index is 0.162. The third-order valence-corrected chi connectivity index (χ3v) is 5.56. The van der Waals surface area contributed by atoms with Gasteiger partial charge in [-0.3, -0.25) is 14.1 Å². The maximum Gasteiger partial charge on any atom is 0.333 e. The van der Waals surface area contributed by atoms with E-state index < -0.39 is 11.8 Å². The predicted molar refractivity (Wildman–Crippen MR) is 119 cm³/mol. The highest BCUT2D eigenvalue weighted by atomic mass is 19.1. The summed E-state index contributed by atoms with van der Waals surface area (Å²) in [5.74, 6) is -0.922. The molecule has 0 spiro atoms. The van der Waals surface area contributed by atoms with Crippen molar-refractivity contribution < 1.29 is 8.78 Å². The summed E-state index contributed by atoms with van der Waals surface area (Å²) in [6, 6.07) is 9.64. The minimum Gasteiger partial charge on any atom is -0.371 e. The fourth-order valence-corrected chi connectivity index (χ4v) is 3.94. The van der Waals surface area contributed by atoms with Crippen molar-refractivity contribution in [3.8, 4) is 16.8 Å². The molecule has 0 amide bonds. The van der Waals surface area contributed by atoms with E-state index in [0.29, 0.717) is 38.9 Å². The summed E-state index contributed by atoms with van der Waals surface area (Å²) >= 11 is 0. The molecular weight excluding hydrogens is 414 g/mol. The summed E-state index contributed by atoms with van der Waals surface area (Å²) in [6.45, 7) is 1.65. The molecule has 160 valence electrons. The Balaban J connectivity index is 1.84. The highest BCUT2D eigenvalue weighted by Crippen LogP contribution is 2.30. The zero-order valence-corrected chi connectivity index (χ0v) is 17.5. The number of anilines is 1. The van der Waals surface area contributed by atoms with Crippen LogP contribution >= 0.6 is 0 Å². The van der Waals surface area contributed by atoms with Gasteiger partial charge in [-0.2, -0.15) is 4.39 Å². The zero-order chi connectivity index (χ0) is 22.6. The van der Waals surface area contributed by atoms with Crippen molar-refractivity contribution in [3.63, 3.8) is 0 Å². The summed E-state index contributed by atoms with van der Waals surface area (Å²) in [5.41, 5.74) is 3.75. The van der Waals surface area contributed by atoms with E-state index in [1.54, 1.807) is 33.4 Å². The predicted octanol–water partition coefficient (Wildman–Crippen LogP) is 3.96. The number of nitrogens with one attached hydrogen (secondary N) is 1. The number of nitrogens with zero attached hydrogens (tertiary/aromatic N) is 5. The fourth-order valence-electron chi connectivity index (χ4n) is 3.94. The fraction of sp³-hybridized carbons (Fsp3) is 0.130. The quantitative estimate of drug-likeness (QED) is 0.437. The summed E-state index contributed by atoms with van der Waals surface area (Å²) in [5, 5.41) is 3.40. The Morgan fingerprint density at radius 2 is 1.81 bits per heavy atom. The number of benzene rings is 1. The van der Waals surface area contributed by atoms with Crippen LogP contribution in [0.5, 0.6) is 0 Å². The highest BCUT2D eigenvalue weighted by Gasteiger charge is 2.18. The van der Waals surface area contributed by atoms with Crippen molar-refractivity contribution in [1.29, 1.82) is 0 Å². The Morgan fingerprint density at radius 1 is 1.00 bits per heavy atom. The van der Waals surface area contributed by atoms with Gasteiger partial charge in [0.15, 0.2) is 11.6 Å². The van der Waals surface area contributed by atoms with Gasteiger partial charge in [0.1, 0.15) is 0 Å². The third kappa shape index (κ3) is 2.93. The van der Waals surface area contributed by atoms with E-state index in [4.69, 9.17) is 0 Å². The van der Waals surface area contributed by atoms with E-state index >= 15 is 0 Å². The van der Waals surface area contributed by atoms with Crippen LogP contribution in [0, 0.1) is 18.7 Å². The second-order valence-corrected chi connectivity index (χ2v) is 7.44. The zero-order valence-electron chi connectivity index (χ0n) is 17.5. The smallest absolute Gasteiger partial charge is 0.333 e. The molecule has 0 fully saturated rings. The molecule has 4 aromatic heterocycles. The van der Waals surface area contributed by atoms with E-state index in [-0.39, 0.29) is 11.5 Å². The van der Waals surface area contributed by atoms with Crippen LogP contribution in [0.4, 0.5) is 14.6 Å². The van der Waals surface area contributed by atoms with Gasteiger partial charge in [0.05, 0.1) is 34.1 Å². The molecule has 9 heteroatoms. The van der Waals surface area contributed by atoms with Crippen molar-refractivity contribution in [3.05, 3.63) is 76.7 Å². The van der Waals surface area contributed by atoms with Crippen LogP contribution in [0.2, 0.25) is 0 Å². The molecule has 0 atom stereocenters. The molecule has 7 nitrogen and oxygen atoms in total. The first-order valence-electron chi connectivity index (χ1n) is 9.86. The van der Waals surface area contributed by atoms with Gasteiger partial charge in [-0.15, -0.1) is 0 Å². The van der Waals surface area contributed by atoms with Crippen LogP contribution in [0.15, 0.2) is 53.6 Å². The number of rotatable bonds is 3. The average molecular weight is 432 g/mol. The minimum atomic E-state index is -0.618. The topological polar surface area (TPSA) is 77.6 Å². The van der Waals surface area contributed by atoms with Crippen molar-refractivity contribution in [2.45, 2.75) is 6.92 Å². The molecule has 1 aromatic carbocycles. The number of fused-ring (bicyclic) bond motifs is 3. The number of halogens is 2. The monoisotopic (exact) mass is 432 g/mol. The molecule has 0 saturated carbocycles. The molecule has 5 rings (SSSR count). The normalized spacial score (nSPS) is 11.4. The molecule has 5 aromatic rings. The number of aryl methyl sites for hydroxylation is 2. The lowest BCUT2D eigenvalue weighted by molar-refractivity contribution is 0.579. The number of hydrogen-bond acceptors (Lipinski definition) is 5. The number of aromatic nitrogens is 5. The standard InChI is InChI=1S/C23H18F2N6O/c1-12-18(6-7-20(25)29-12)31-21-15-8-13(14-9-16(24)22(26-2)28-10-14)4-5-17(15)27-11-19(21)30(3)23(31)32/h4-11H,1-3H3,(H,26,28). The van der Waals surface area contributed by atoms with Gasteiger partial charge in [0, 0.05) is 31.2 Å². The lowest BCUT2D eigenvalue weighted by Gasteiger charge is -2.10. The lowest BCUT2D eigenvalue weighted by atomic mass is 10.0.